The number of amides is 1. The lowest BCUT2D eigenvalue weighted by atomic mass is 10.0. The van der Waals surface area contributed by atoms with Gasteiger partial charge in [-0.3, -0.25) is 9.69 Å². The molecule has 158 valence electrons. The lowest BCUT2D eigenvalue weighted by molar-refractivity contribution is 0.0983. The van der Waals surface area contributed by atoms with Crippen LogP contribution in [-0.2, 0) is 13.0 Å². The highest BCUT2D eigenvalue weighted by molar-refractivity contribution is 7.22. The molecule has 0 atom stereocenters. The van der Waals surface area contributed by atoms with Gasteiger partial charge in [-0.15, -0.1) is 0 Å². The number of carbonyl (C=O) groups is 1. The molecule has 0 spiro atoms. The number of hydrogen-bond acceptors (Lipinski definition) is 4. The zero-order valence-corrected chi connectivity index (χ0v) is 18.6. The van der Waals surface area contributed by atoms with E-state index in [0.717, 1.165) is 22.2 Å². The number of aromatic nitrogens is 1. The molecule has 0 saturated carbocycles. The maximum absolute atomic E-state index is 13.5. The van der Waals surface area contributed by atoms with Crippen molar-refractivity contribution in [2.75, 3.05) is 4.90 Å². The fraction of sp³-hybridized carbons (Fsp3) is 0.0769. The van der Waals surface area contributed by atoms with Gasteiger partial charge < -0.3 is 4.42 Å². The smallest absolute Gasteiger partial charge is 0.260 e. The van der Waals surface area contributed by atoms with E-state index in [-0.39, 0.29) is 5.91 Å². The van der Waals surface area contributed by atoms with Crippen molar-refractivity contribution in [1.29, 1.82) is 0 Å². The topological polar surface area (TPSA) is 46.3 Å². The van der Waals surface area contributed by atoms with Crippen molar-refractivity contribution in [2.45, 2.75) is 13.0 Å². The van der Waals surface area contributed by atoms with E-state index in [0.29, 0.717) is 28.0 Å². The monoisotopic (exact) mass is 458 g/mol. The summed E-state index contributed by atoms with van der Waals surface area (Å²) in [5.74, 6) is 0.564. The minimum atomic E-state index is -0.127. The van der Waals surface area contributed by atoms with E-state index in [2.05, 4.69) is 17.1 Å². The normalized spacial score (nSPS) is 11.0. The van der Waals surface area contributed by atoms with E-state index in [1.165, 1.54) is 16.9 Å². The van der Waals surface area contributed by atoms with E-state index < -0.39 is 0 Å². The summed E-state index contributed by atoms with van der Waals surface area (Å²) in [6.45, 7) is 0.297. The Hall–Kier alpha value is -3.41. The number of nitrogens with zero attached hydrogens (tertiary/aromatic N) is 2. The van der Waals surface area contributed by atoms with E-state index in [1.807, 2.05) is 66.7 Å². The van der Waals surface area contributed by atoms with Crippen molar-refractivity contribution in [3.63, 3.8) is 0 Å². The maximum atomic E-state index is 13.5. The zero-order valence-electron chi connectivity index (χ0n) is 17.1. The first-order chi connectivity index (χ1) is 15.7. The molecular weight excluding hydrogens is 440 g/mol. The first kappa shape index (κ1) is 20.5. The number of thiazole rings is 1. The van der Waals surface area contributed by atoms with Crippen molar-refractivity contribution in [2.24, 2.45) is 0 Å². The highest BCUT2D eigenvalue weighted by Crippen LogP contribution is 2.32. The highest BCUT2D eigenvalue weighted by atomic mass is 35.5. The molecule has 5 aromatic rings. The molecule has 0 radical (unpaired) electrons. The van der Waals surface area contributed by atoms with Crippen LogP contribution in [0.1, 0.15) is 27.2 Å². The molecular formula is C26H19ClN2O2S. The molecule has 4 nitrogen and oxygen atoms in total. The fourth-order valence-corrected chi connectivity index (χ4v) is 4.78. The number of halogens is 1. The number of rotatable bonds is 6. The van der Waals surface area contributed by atoms with Gasteiger partial charge in [-0.1, -0.05) is 65.4 Å². The third kappa shape index (κ3) is 4.44. The quantitative estimate of drug-likeness (QED) is 0.275. The van der Waals surface area contributed by atoms with Gasteiger partial charge in [0.2, 0.25) is 0 Å². The van der Waals surface area contributed by atoms with Crippen molar-refractivity contribution < 1.29 is 9.21 Å². The molecule has 0 aliphatic heterocycles. The van der Waals surface area contributed by atoms with Crippen LogP contribution in [0.2, 0.25) is 5.02 Å². The van der Waals surface area contributed by atoms with E-state index in [9.17, 15) is 4.79 Å². The lowest BCUT2D eigenvalue weighted by Crippen LogP contribution is -2.30. The van der Waals surface area contributed by atoms with Crippen LogP contribution in [0.4, 0.5) is 5.13 Å². The summed E-state index contributed by atoms with van der Waals surface area (Å²) in [5.41, 5.74) is 3.80. The van der Waals surface area contributed by atoms with Crippen LogP contribution >= 0.6 is 22.9 Å². The Balaban J connectivity index is 1.44. The SMILES string of the molecule is O=C(c1ccc(Cc2ccccc2)cc1)N(Cc1ccco1)c1nc2ccc(Cl)cc2s1. The molecule has 2 heterocycles. The van der Waals surface area contributed by atoms with Gasteiger partial charge in [0.05, 0.1) is 23.0 Å². The van der Waals surface area contributed by atoms with E-state index in [4.69, 9.17) is 16.0 Å². The molecule has 0 aliphatic rings. The summed E-state index contributed by atoms with van der Waals surface area (Å²) in [7, 11) is 0. The molecule has 2 aromatic heterocycles. The Morgan fingerprint density at radius 3 is 2.47 bits per heavy atom. The number of anilines is 1. The average Bonchev–Trinajstić information content (AvgIpc) is 3.47. The van der Waals surface area contributed by atoms with Gasteiger partial charge in [0.25, 0.3) is 5.91 Å². The molecule has 1 amide bonds. The van der Waals surface area contributed by atoms with Gasteiger partial charge >= 0.3 is 0 Å². The molecule has 6 heteroatoms. The summed E-state index contributed by atoms with van der Waals surface area (Å²) in [6, 6.07) is 27.2. The second kappa shape index (κ2) is 8.99. The summed E-state index contributed by atoms with van der Waals surface area (Å²) >= 11 is 7.57. The van der Waals surface area contributed by atoms with E-state index >= 15 is 0 Å². The van der Waals surface area contributed by atoms with Gasteiger partial charge in [-0.05, 0) is 60.0 Å². The zero-order chi connectivity index (χ0) is 21.9. The summed E-state index contributed by atoms with van der Waals surface area (Å²) in [5, 5.41) is 1.25. The molecule has 3 aromatic carbocycles. The minimum Gasteiger partial charge on any atom is -0.467 e. The van der Waals surface area contributed by atoms with Gasteiger partial charge in [-0.2, -0.15) is 0 Å². The van der Waals surface area contributed by atoms with Crippen LogP contribution < -0.4 is 4.90 Å². The van der Waals surface area contributed by atoms with Crippen molar-refractivity contribution >= 4 is 44.2 Å². The highest BCUT2D eigenvalue weighted by Gasteiger charge is 2.23. The first-order valence-electron chi connectivity index (χ1n) is 10.2. The third-order valence-corrected chi connectivity index (χ3v) is 6.44. The Bertz CT molecular complexity index is 1350. The predicted octanol–water partition coefficient (Wildman–Crippen LogP) is 6.98. The van der Waals surface area contributed by atoms with Crippen LogP contribution in [0, 0.1) is 0 Å². The lowest BCUT2D eigenvalue weighted by Gasteiger charge is -2.19. The summed E-state index contributed by atoms with van der Waals surface area (Å²) in [4.78, 5) is 19.8. The Labute approximate surface area is 194 Å². The van der Waals surface area contributed by atoms with Gasteiger partial charge in [0, 0.05) is 10.6 Å². The van der Waals surface area contributed by atoms with Crippen LogP contribution in [0.3, 0.4) is 0 Å². The molecule has 0 fully saturated rings. The minimum absolute atomic E-state index is 0.127. The number of hydrogen-bond donors (Lipinski definition) is 0. The summed E-state index contributed by atoms with van der Waals surface area (Å²) < 4.78 is 6.45. The number of fused-ring (bicyclic) bond motifs is 1. The molecule has 0 N–H and O–H groups in total. The van der Waals surface area contributed by atoms with Crippen molar-refractivity contribution in [1.82, 2.24) is 4.98 Å². The first-order valence-corrected chi connectivity index (χ1v) is 11.4. The van der Waals surface area contributed by atoms with Crippen LogP contribution in [-0.4, -0.2) is 10.9 Å². The number of furan rings is 1. The Morgan fingerprint density at radius 1 is 0.938 bits per heavy atom. The molecule has 5 rings (SSSR count). The predicted molar refractivity (Wildman–Crippen MR) is 130 cm³/mol. The largest absolute Gasteiger partial charge is 0.467 e. The van der Waals surface area contributed by atoms with Crippen LogP contribution in [0.15, 0.2) is 95.6 Å². The van der Waals surface area contributed by atoms with E-state index in [1.54, 1.807) is 17.2 Å². The van der Waals surface area contributed by atoms with Crippen molar-refractivity contribution in [3.8, 4) is 0 Å². The van der Waals surface area contributed by atoms with Crippen LogP contribution in [0.25, 0.3) is 10.2 Å². The second-order valence-electron chi connectivity index (χ2n) is 7.44. The maximum Gasteiger partial charge on any atom is 0.260 e. The molecule has 32 heavy (non-hydrogen) atoms. The average molecular weight is 459 g/mol. The van der Waals surface area contributed by atoms with Crippen molar-refractivity contribution in [3.05, 3.63) is 119 Å². The number of benzene rings is 3. The molecule has 0 unspecified atom stereocenters. The number of carbonyl (C=O) groups excluding carboxylic acids is 1. The standard InChI is InChI=1S/C26H19ClN2O2S/c27-21-12-13-23-24(16-21)32-26(28-23)29(17-22-7-4-14-31-22)25(30)20-10-8-19(9-11-20)15-18-5-2-1-3-6-18/h1-14,16H,15,17H2. The van der Waals surface area contributed by atoms with Gasteiger partial charge in [0.15, 0.2) is 5.13 Å². The third-order valence-electron chi connectivity index (χ3n) is 5.16. The van der Waals surface area contributed by atoms with Gasteiger partial charge in [0.1, 0.15) is 5.76 Å². The Morgan fingerprint density at radius 2 is 1.72 bits per heavy atom. The summed E-state index contributed by atoms with van der Waals surface area (Å²) in [6.07, 6.45) is 2.43. The van der Waals surface area contributed by atoms with Gasteiger partial charge in [-0.25, -0.2) is 4.98 Å². The molecule has 0 aliphatic carbocycles. The Kier molecular flexibility index (Phi) is 5.75. The fourth-order valence-electron chi connectivity index (χ4n) is 3.54. The van der Waals surface area contributed by atoms with Crippen LogP contribution in [0.5, 0.6) is 0 Å². The molecule has 0 bridgehead atoms. The second-order valence-corrected chi connectivity index (χ2v) is 8.88. The molecule has 0 saturated heterocycles.